The van der Waals surface area contributed by atoms with E-state index in [2.05, 4.69) is 20.1 Å². The number of rotatable bonds is 5. The van der Waals surface area contributed by atoms with Crippen molar-refractivity contribution < 1.29 is 13.9 Å². The number of nitrogen functional groups attached to an aromatic ring is 1. The van der Waals surface area contributed by atoms with Crippen molar-refractivity contribution in [1.82, 2.24) is 24.7 Å². The Kier molecular flexibility index (Phi) is 5.52. The maximum absolute atomic E-state index is 13.3. The highest BCUT2D eigenvalue weighted by atomic mass is 35.5. The molecule has 9 nitrogen and oxygen atoms in total. The molecule has 0 radical (unpaired) electrons. The number of nitrogens with two attached hydrogens (primary N) is 1. The summed E-state index contributed by atoms with van der Waals surface area (Å²) in [6.45, 7) is -0.264. The highest BCUT2D eigenvalue weighted by Crippen LogP contribution is 2.34. The minimum Gasteiger partial charge on any atom is -0.390 e. The van der Waals surface area contributed by atoms with Gasteiger partial charge in [-0.3, -0.25) is 4.98 Å². The standard InChI is InChI=1S/C23H17ClFN7O2/c24-18-9-14(8-17(12-33)28-18)19-20(13-4-2-1-3-5-13)29-22(26)32-21(19)30-31(23(32)34)11-16-7-6-15(25)10-27-16/h1-10,33H,11-12H2,(H2,26,28,29,30)/p+1. The molecule has 0 atom stereocenters. The maximum atomic E-state index is 13.3. The number of aliphatic hydroxyl groups excluding tert-OH is 1. The number of H-pyrrole nitrogens is 1. The molecule has 34 heavy (non-hydrogen) atoms. The van der Waals surface area contributed by atoms with Crippen molar-refractivity contribution in [3.8, 4) is 22.4 Å². The SMILES string of the molecule is Nc1nc(-c2ccccc2)c(-c2cc(Cl)nc(CO)c2)c2[nH]n(Cc3ccc(F)cn3)c(=O)[n+]12. The van der Waals surface area contributed by atoms with E-state index in [0.29, 0.717) is 33.9 Å². The molecule has 5 rings (SSSR count). The Bertz CT molecular complexity index is 1570. The molecule has 0 fully saturated rings. The normalized spacial score (nSPS) is 11.3. The molecule has 170 valence electrons. The molecular formula is C23H18ClFN7O2+. The summed E-state index contributed by atoms with van der Waals surface area (Å²) < 4.78 is 15.8. The Hall–Kier alpha value is -4.15. The summed E-state index contributed by atoms with van der Waals surface area (Å²) in [6, 6.07) is 15.4. The van der Waals surface area contributed by atoms with Crippen LogP contribution in [0.4, 0.5) is 10.3 Å². The van der Waals surface area contributed by atoms with Crippen molar-refractivity contribution in [3.63, 3.8) is 0 Å². The van der Waals surface area contributed by atoms with Crippen molar-refractivity contribution in [1.29, 1.82) is 0 Å². The van der Waals surface area contributed by atoms with Crippen molar-refractivity contribution in [2.45, 2.75) is 13.2 Å². The molecule has 0 aliphatic carbocycles. The minimum atomic E-state index is -0.477. The monoisotopic (exact) mass is 478 g/mol. The van der Waals surface area contributed by atoms with Gasteiger partial charge in [0.1, 0.15) is 23.2 Å². The smallest absolute Gasteiger partial charge is 0.390 e. The third-order valence-corrected chi connectivity index (χ3v) is 5.46. The molecule has 0 aliphatic rings. The summed E-state index contributed by atoms with van der Waals surface area (Å²) in [4.78, 5) is 25.9. The quantitative estimate of drug-likeness (QED) is 0.263. The first-order chi connectivity index (χ1) is 16.4. The number of benzene rings is 1. The van der Waals surface area contributed by atoms with Gasteiger partial charge in [-0.25, -0.2) is 19.3 Å². The van der Waals surface area contributed by atoms with E-state index in [1.807, 2.05) is 30.3 Å². The van der Waals surface area contributed by atoms with Gasteiger partial charge in [0.2, 0.25) is 5.65 Å². The number of pyridine rings is 2. The molecule has 0 bridgehead atoms. The lowest BCUT2D eigenvalue weighted by Gasteiger charge is -2.10. The summed E-state index contributed by atoms with van der Waals surface area (Å²) in [7, 11) is 0. The average Bonchev–Trinajstić information content (AvgIpc) is 3.16. The molecule has 11 heteroatoms. The van der Waals surface area contributed by atoms with E-state index < -0.39 is 11.5 Å². The van der Waals surface area contributed by atoms with Gasteiger partial charge in [-0.2, -0.15) is 4.68 Å². The topological polar surface area (TPSA) is 127 Å². The fourth-order valence-electron chi connectivity index (χ4n) is 3.78. The summed E-state index contributed by atoms with van der Waals surface area (Å²) in [5.41, 5.74) is 9.35. The van der Waals surface area contributed by atoms with Crippen molar-refractivity contribution in [2.75, 3.05) is 5.73 Å². The first-order valence-electron chi connectivity index (χ1n) is 10.2. The van der Waals surface area contributed by atoms with Crippen LogP contribution in [0, 0.1) is 5.82 Å². The molecular weight excluding hydrogens is 461 g/mol. The summed E-state index contributed by atoms with van der Waals surface area (Å²) in [5.74, 6) is -0.494. The second-order valence-corrected chi connectivity index (χ2v) is 7.91. The van der Waals surface area contributed by atoms with Gasteiger partial charge >= 0.3 is 11.6 Å². The van der Waals surface area contributed by atoms with Gasteiger partial charge in [-0.05, 0) is 29.8 Å². The van der Waals surface area contributed by atoms with E-state index in [1.165, 1.54) is 21.2 Å². The highest BCUT2D eigenvalue weighted by Gasteiger charge is 2.26. The maximum Gasteiger partial charge on any atom is 0.428 e. The Morgan fingerprint density at radius 3 is 2.59 bits per heavy atom. The zero-order valence-electron chi connectivity index (χ0n) is 17.6. The van der Waals surface area contributed by atoms with Crippen LogP contribution in [0.25, 0.3) is 28.0 Å². The lowest BCUT2D eigenvalue weighted by Crippen LogP contribution is -2.44. The van der Waals surface area contributed by atoms with Crippen LogP contribution < -0.4 is 15.8 Å². The van der Waals surface area contributed by atoms with E-state index in [4.69, 9.17) is 17.3 Å². The molecule has 0 spiro atoms. The predicted molar refractivity (Wildman–Crippen MR) is 123 cm³/mol. The fourth-order valence-corrected chi connectivity index (χ4v) is 4.01. The number of nitrogens with one attached hydrogen (secondary N) is 1. The van der Waals surface area contributed by atoms with Crippen LogP contribution >= 0.6 is 11.6 Å². The predicted octanol–water partition coefficient (Wildman–Crippen LogP) is 2.35. The van der Waals surface area contributed by atoms with Gasteiger partial charge in [0, 0.05) is 5.56 Å². The van der Waals surface area contributed by atoms with E-state index in [9.17, 15) is 14.3 Å². The van der Waals surface area contributed by atoms with Crippen LogP contribution in [-0.4, -0.2) is 29.8 Å². The highest BCUT2D eigenvalue weighted by molar-refractivity contribution is 6.29. The third-order valence-electron chi connectivity index (χ3n) is 5.27. The molecule has 0 unspecified atom stereocenters. The van der Waals surface area contributed by atoms with Crippen LogP contribution in [-0.2, 0) is 13.2 Å². The lowest BCUT2D eigenvalue weighted by molar-refractivity contribution is -0.516. The summed E-state index contributed by atoms with van der Waals surface area (Å²) in [5, 5.41) is 12.9. The first kappa shape index (κ1) is 21.7. The molecule has 1 aromatic carbocycles. The molecule has 4 N–H and O–H groups in total. The lowest BCUT2D eigenvalue weighted by atomic mass is 10.00. The molecule has 0 aliphatic heterocycles. The largest absolute Gasteiger partial charge is 0.428 e. The minimum absolute atomic E-state index is 0.0211. The number of halogens is 2. The number of aliphatic hydroxyl groups is 1. The molecule has 0 saturated carbocycles. The van der Waals surface area contributed by atoms with E-state index >= 15 is 0 Å². The zero-order valence-corrected chi connectivity index (χ0v) is 18.4. The molecule has 0 amide bonds. The molecule has 0 saturated heterocycles. The zero-order chi connectivity index (χ0) is 23.8. The Morgan fingerprint density at radius 2 is 1.88 bits per heavy atom. The van der Waals surface area contributed by atoms with Gasteiger partial charge in [0.05, 0.1) is 29.8 Å². The summed E-state index contributed by atoms with van der Waals surface area (Å²) >= 11 is 6.23. The van der Waals surface area contributed by atoms with Gasteiger partial charge in [-0.1, -0.05) is 41.9 Å². The van der Waals surface area contributed by atoms with Crippen LogP contribution in [0.15, 0.2) is 65.6 Å². The van der Waals surface area contributed by atoms with Crippen molar-refractivity contribution in [3.05, 3.63) is 93.6 Å². The van der Waals surface area contributed by atoms with E-state index in [1.54, 1.807) is 12.1 Å². The van der Waals surface area contributed by atoms with Crippen LogP contribution in [0.2, 0.25) is 5.15 Å². The van der Waals surface area contributed by atoms with Gasteiger partial charge in [0.25, 0.3) is 0 Å². The van der Waals surface area contributed by atoms with E-state index in [-0.39, 0.29) is 24.3 Å². The summed E-state index contributed by atoms with van der Waals surface area (Å²) in [6.07, 6.45) is 1.08. The number of nitrogens with zero attached hydrogens (tertiary/aromatic N) is 5. The number of hydrogen-bond acceptors (Lipinski definition) is 6. The Morgan fingerprint density at radius 1 is 1.09 bits per heavy atom. The van der Waals surface area contributed by atoms with Gasteiger partial charge < -0.3 is 10.8 Å². The number of aromatic amines is 1. The number of aromatic nitrogens is 6. The van der Waals surface area contributed by atoms with Crippen LogP contribution in [0.5, 0.6) is 0 Å². The Balaban J connectivity index is 1.81. The van der Waals surface area contributed by atoms with Crippen molar-refractivity contribution >= 4 is 23.2 Å². The average molecular weight is 479 g/mol. The van der Waals surface area contributed by atoms with Crippen LogP contribution in [0.3, 0.4) is 0 Å². The molecule has 5 aromatic rings. The molecule has 4 aromatic heterocycles. The first-order valence-corrected chi connectivity index (χ1v) is 10.6. The third kappa shape index (κ3) is 3.89. The van der Waals surface area contributed by atoms with Gasteiger partial charge in [0.15, 0.2) is 0 Å². The van der Waals surface area contributed by atoms with Gasteiger partial charge in [-0.15, -0.1) is 9.38 Å². The second kappa shape index (κ2) is 8.65. The fraction of sp³-hybridized carbons (Fsp3) is 0.0870. The number of fused-ring (bicyclic) bond motifs is 1. The van der Waals surface area contributed by atoms with Crippen LogP contribution in [0.1, 0.15) is 11.4 Å². The number of hydrogen-bond donors (Lipinski definition) is 3. The van der Waals surface area contributed by atoms with Crippen molar-refractivity contribution in [2.24, 2.45) is 0 Å². The Labute approximate surface area is 196 Å². The number of anilines is 1. The molecule has 4 heterocycles. The second-order valence-electron chi connectivity index (χ2n) is 7.52. The van der Waals surface area contributed by atoms with E-state index in [0.717, 1.165) is 11.8 Å².